The lowest BCUT2D eigenvalue weighted by Gasteiger charge is -2.31. The summed E-state index contributed by atoms with van der Waals surface area (Å²) in [5.41, 5.74) is 0.187. The summed E-state index contributed by atoms with van der Waals surface area (Å²) in [4.78, 5) is 13.0. The Balaban J connectivity index is 3.57. The monoisotopic (exact) mass is 468 g/mol. The number of allylic oxidation sites excluding steroid dienone is 1. The predicted molar refractivity (Wildman–Crippen MR) is 130 cm³/mol. The van der Waals surface area contributed by atoms with Crippen LogP contribution in [0, 0.1) is 11.8 Å². The topological polar surface area (TPSA) is 71.1 Å². The maximum absolute atomic E-state index is 13.0. The van der Waals surface area contributed by atoms with Crippen LogP contribution in [-0.2, 0) is 20.3 Å². The van der Waals surface area contributed by atoms with Crippen molar-refractivity contribution in [3.8, 4) is 17.2 Å². The molecule has 0 radical (unpaired) electrons. The fraction of sp³-hybridized carbons (Fsp3) is 0.640. The maximum atomic E-state index is 13.0. The van der Waals surface area contributed by atoms with E-state index in [1.165, 1.54) is 0 Å². The highest BCUT2D eigenvalue weighted by Gasteiger charge is 2.35. The molecule has 0 saturated carbocycles. The van der Waals surface area contributed by atoms with Crippen LogP contribution in [0.2, 0.25) is 0 Å². The summed E-state index contributed by atoms with van der Waals surface area (Å²) in [5, 5.41) is 1.71. The molecule has 0 aliphatic rings. The molecule has 0 saturated heterocycles. The summed E-state index contributed by atoms with van der Waals surface area (Å²) in [5.74, 6) is 0.400. The van der Waals surface area contributed by atoms with Gasteiger partial charge >= 0.3 is 5.97 Å². The maximum Gasteiger partial charge on any atom is 0.309 e. The van der Waals surface area contributed by atoms with Gasteiger partial charge in [0, 0.05) is 22.3 Å². The molecule has 1 rings (SSSR count). The molecule has 182 valence electrons. The van der Waals surface area contributed by atoms with Gasteiger partial charge in [-0.15, -0.1) is 0 Å². The first-order chi connectivity index (χ1) is 14.7. The van der Waals surface area contributed by atoms with Crippen LogP contribution in [0.25, 0.3) is 0 Å². The van der Waals surface area contributed by atoms with E-state index in [0.29, 0.717) is 17.2 Å². The van der Waals surface area contributed by atoms with Crippen LogP contribution in [0.1, 0.15) is 66.9 Å². The Labute approximate surface area is 196 Å². The van der Waals surface area contributed by atoms with E-state index in [1.807, 2.05) is 67.5 Å². The second-order valence-corrected chi connectivity index (χ2v) is 12.0. The summed E-state index contributed by atoms with van der Waals surface area (Å²) >= 11 is 0. The highest BCUT2D eigenvalue weighted by atomic mass is 32.2. The van der Waals surface area contributed by atoms with E-state index < -0.39 is 22.3 Å². The molecule has 0 spiro atoms. The van der Waals surface area contributed by atoms with Crippen LogP contribution in [-0.4, -0.2) is 41.9 Å². The SMILES string of the molecule is COc1cc(OC)c([C@@H]([C@@H](C)/C=C/[S@@](=O)C(C)(C)C)[C@@H](C)C(=O)OC(C)(C)C)cc1OC. The van der Waals surface area contributed by atoms with E-state index >= 15 is 0 Å². The third-order valence-corrected chi connectivity index (χ3v) is 6.70. The van der Waals surface area contributed by atoms with Crippen molar-refractivity contribution in [1.82, 2.24) is 0 Å². The van der Waals surface area contributed by atoms with Gasteiger partial charge in [0.1, 0.15) is 11.4 Å². The first kappa shape index (κ1) is 28.0. The largest absolute Gasteiger partial charge is 0.496 e. The molecule has 0 aliphatic heterocycles. The van der Waals surface area contributed by atoms with Gasteiger partial charge in [-0.05, 0) is 58.9 Å². The van der Waals surface area contributed by atoms with Gasteiger partial charge in [-0.2, -0.15) is 0 Å². The minimum Gasteiger partial charge on any atom is -0.496 e. The normalized spacial score (nSPS) is 16.2. The molecule has 0 amide bonds. The molecule has 1 aromatic rings. The van der Waals surface area contributed by atoms with Gasteiger partial charge in [-0.3, -0.25) is 9.00 Å². The van der Waals surface area contributed by atoms with Gasteiger partial charge in [0.05, 0.1) is 38.0 Å². The van der Waals surface area contributed by atoms with Crippen molar-refractivity contribution in [1.29, 1.82) is 0 Å². The van der Waals surface area contributed by atoms with Gasteiger partial charge in [0.15, 0.2) is 11.5 Å². The summed E-state index contributed by atoms with van der Waals surface area (Å²) < 4.78 is 34.5. The Hall–Kier alpha value is -2.02. The second kappa shape index (κ2) is 11.2. The third-order valence-electron chi connectivity index (χ3n) is 5.09. The molecule has 0 aromatic heterocycles. The number of ether oxygens (including phenoxy) is 4. The van der Waals surface area contributed by atoms with Gasteiger partial charge in [0.2, 0.25) is 0 Å². The lowest BCUT2D eigenvalue weighted by Crippen LogP contribution is -2.32. The molecule has 0 bridgehead atoms. The van der Waals surface area contributed by atoms with E-state index in [9.17, 15) is 9.00 Å². The lowest BCUT2D eigenvalue weighted by atomic mass is 9.77. The molecule has 4 atom stereocenters. The Kier molecular flexibility index (Phi) is 9.82. The van der Waals surface area contributed by atoms with Crippen molar-refractivity contribution in [3.05, 3.63) is 29.2 Å². The number of carbonyl (C=O) groups is 1. The van der Waals surface area contributed by atoms with Crippen LogP contribution < -0.4 is 14.2 Å². The van der Waals surface area contributed by atoms with Crippen molar-refractivity contribution in [2.24, 2.45) is 11.8 Å². The van der Waals surface area contributed by atoms with Crippen molar-refractivity contribution >= 4 is 16.8 Å². The Morgan fingerprint density at radius 3 is 1.84 bits per heavy atom. The Morgan fingerprint density at radius 2 is 1.41 bits per heavy atom. The first-order valence-electron chi connectivity index (χ1n) is 10.8. The molecule has 1 aromatic carbocycles. The quantitative estimate of drug-likeness (QED) is 0.448. The van der Waals surface area contributed by atoms with Crippen molar-refractivity contribution in [3.63, 3.8) is 0 Å². The summed E-state index contributed by atoms with van der Waals surface area (Å²) in [7, 11) is 3.54. The van der Waals surface area contributed by atoms with Crippen molar-refractivity contribution < 1.29 is 28.0 Å². The Bertz CT molecular complexity index is 832. The molecule has 0 heterocycles. The molecule has 32 heavy (non-hydrogen) atoms. The number of methoxy groups -OCH3 is 3. The fourth-order valence-electron chi connectivity index (χ4n) is 3.38. The standard InChI is InChI=1S/C25H40O6S/c1-16(12-13-32(27)25(6,7)8)22(17(2)23(26)31-24(3,4)5)18-14-20(29-10)21(30-11)15-19(18)28-9/h12-17,22H,1-11H3/b13-12+/t16-,17+,22-,32+/m0/s1. The zero-order valence-electron chi connectivity index (χ0n) is 21.4. The minimum absolute atomic E-state index is 0.143. The molecule has 0 aliphatic carbocycles. The van der Waals surface area contributed by atoms with Gasteiger partial charge in [0.25, 0.3) is 0 Å². The number of hydrogen-bond donors (Lipinski definition) is 0. The van der Waals surface area contributed by atoms with E-state index in [-0.39, 0.29) is 22.6 Å². The molecule has 0 unspecified atom stereocenters. The predicted octanol–water partition coefficient (Wildman–Crippen LogP) is 5.47. The number of hydrogen-bond acceptors (Lipinski definition) is 6. The zero-order chi connectivity index (χ0) is 24.9. The van der Waals surface area contributed by atoms with E-state index in [0.717, 1.165) is 5.56 Å². The third kappa shape index (κ3) is 7.54. The van der Waals surface area contributed by atoms with E-state index in [4.69, 9.17) is 18.9 Å². The fourth-order valence-corrected chi connectivity index (χ4v) is 4.18. The van der Waals surface area contributed by atoms with Crippen molar-refractivity contribution in [2.75, 3.05) is 21.3 Å². The van der Waals surface area contributed by atoms with E-state index in [1.54, 1.807) is 32.8 Å². The molecule has 6 nitrogen and oxygen atoms in total. The molecule has 0 N–H and O–H groups in total. The molecule has 7 heteroatoms. The molecule has 0 fully saturated rings. The number of rotatable bonds is 9. The summed E-state index contributed by atoms with van der Waals surface area (Å²) in [6.07, 6.45) is 1.91. The van der Waals surface area contributed by atoms with Crippen LogP contribution in [0.5, 0.6) is 17.2 Å². The summed E-state index contributed by atoms with van der Waals surface area (Å²) in [6.45, 7) is 15.2. The molecular weight excluding hydrogens is 428 g/mol. The van der Waals surface area contributed by atoms with Gasteiger partial charge in [-0.1, -0.05) is 19.9 Å². The van der Waals surface area contributed by atoms with E-state index in [2.05, 4.69) is 0 Å². The second-order valence-electron chi connectivity index (χ2n) is 9.89. The van der Waals surface area contributed by atoms with Crippen molar-refractivity contribution in [2.45, 2.75) is 71.7 Å². The zero-order valence-corrected chi connectivity index (χ0v) is 22.2. The highest BCUT2D eigenvalue weighted by molar-refractivity contribution is 7.89. The first-order valence-corrected chi connectivity index (χ1v) is 12.0. The van der Waals surface area contributed by atoms with Crippen LogP contribution in [0.3, 0.4) is 0 Å². The lowest BCUT2D eigenvalue weighted by molar-refractivity contribution is -0.160. The van der Waals surface area contributed by atoms with Crippen LogP contribution in [0.15, 0.2) is 23.6 Å². The van der Waals surface area contributed by atoms with Gasteiger partial charge in [-0.25, -0.2) is 0 Å². The number of benzene rings is 1. The smallest absolute Gasteiger partial charge is 0.309 e. The van der Waals surface area contributed by atoms with Crippen LogP contribution in [0.4, 0.5) is 0 Å². The number of esters is 1. The van der Waals surface area contributed by atoms with Gasteiger partial charge < -0.3 is 18.9 Å². The average molecular weight is 469 g/mol. The number of carbonyl (C=O) groups excluding carboxylic acids is 1. The Morgan fingerprint density at radius 1 is 0.906 bits per heavy atom. The minimum atomic E-state index is -1.16. The summed E-state index contributed by atoms with van der Waals surface area (Å²) in [6, 6.07) is 3.60. The van der Waals surface area contributed by atoms with Crippen LogP contribution >= 0.6 is 0 Å². The highest BCUT2D eigenvalue weighted by Crippen LogP contribution is 2.44. The average Bonchev–Trinajstić information content (AvgIpc) is 2.69. The molecular formula is C25H40O6S.